The molecule has 5 heteroatoms. The van der Waals surface area contributed by atoms with Gasteiger partial charge >= 0.3 is 0 Å². The van der Waals surface area contributed by atoms with E-state index in [1.54, 1.807) is 19.2 Å². The molecule has 0 heterocycles. The third-order valence-electron chi connectivity index (χ3n) is 3.46. The van der Waals surface area contributed by atoms with Gasteiger partial charge in [0.25, 0.3) is 5.69 Å². The van der Waals surface area contributed by atoms with E-state index in [-0.39, 0.29) is 11.7 Å². The molecule has 2 aromatic rings. The molecule has 2 N–H and O–H groups in total. The molecule has 0 aliphatic heterocycles. The molecule has 110 valence electrons. The molecule has 0 spiro atoms. The van der Waals surface area contributed by atoms with E-state index in [1.165, 1.54) is 12.1 Å². The van der Waals surface area contributed by atoms with Crippen molar-refractivity contribution in [2.75, 3.05) is 7.11 Å². The predicted octanol–water partition coefficient (Wildman–Crippen LogP) is 3.15. The lowest BCUT2D eigenvalue weighted by Gasteiger charge is -2.14. The van der Waals surface area contributed by atoms with Crippen molar-refractivity contribution in [3.05, 3.63) is 69.3 Å². The smallest absolute Gasteiger partial charge is 0.269 e. The van der Waals surface area contributed by atoms with Crippen molar-refractivity contribution in [2.24, 2.45) is 5.73 Å². The molecule has 21 heavy (non-hydrogen) atoms. The lowest BCUT2D eigenvalue weighted by Crippen LogP contribution is -2.13. The molecular weight excluding hydrogens is 268 g/mol. The number of ether oxygens (including phenoxy) is 1. The van der Waals surface area contributed by atoms with Crippen molar-refractivity contribution in [3.63, 3.8) is 0 Å². The number of non-ortho nitro benzene ring substituents is 1. The number of benzene rings is 2. The van der Waals surface area contributed by atoms with Crippen molar-refractivity contribution in [1.29, 1.82) is 0 Å². The van der Waals surface area contributed by atoms with E-state index < -0.39 is 4.92 Å². The maximum absolute atomic E-state index is 10.6. The minimum Gasteiger partial charge on any atom is -0.496 e. The van der Waals surface area contributed by atoms with E-state index in [9.17, 15) is 10.1 Å². The van der Waals surface area contributed by atoms with E-state index in [0.717, 1.165) is 22.4 Å². The van der Waals surface area contributed by atoms with Crippen LogP contribution in [-0.2, 0) is 6.42 Å². The molecule has 0 amide bonds. The highest BCUT2D eigenvalue weighted by Crippen LogP contribution is 2.24. The van der Waals surface area contributed by atoms with Crippen LogP contribution in [0, 0.1) is 17.0 Å². The first kappa shape index (κ1) is 15.0. The molecule has 1 atom stereocenters. The number of nitro benzene ring substituents is 1. The van der Waals surface area contributed by atoms with Gasteiger partial charge in [-0.1, -0.05) is 24.3 Å². The number of hydrogen-bond donors (Lipinski definition) is 1. The molecule has 0 aromatic heterocycles. The molecular formula is C16H18N2O3. The SMILES string of the molecule is COc1cc(C(N)Cc2ccc([N+](=O)[O-])cc2)ccc1C. The Bertz CT molecular complexity index is 638. The van der Waals surface area contributed by atoms with Crippen LogP contribution in [0.2, 0.25) is 0 Å². The van der Waals surface area contributed by atoms with Gasteiger partial charge in [-0.25, -0.2) is 0 Å². The Labute approximate surface area is 123 Å². The molecule has 5 nitrogen and oxygen atoms in total. The Balaban J connectivity index is 2.13. The van der Waals surface area contributed by atoms with Crippen LogP contribution >= 0.6 is 0 Å². The van der Waals surface area contributed by atoms with Crippen LogP contribution in [0.1, 0.15) is 22.7 Å². The van der Waals surface area contributed by atoms with E-state index in [4.69, 9.17) is 10.5 Å². The molecule has 0 aliphatic rings. The summed E-state index contributed by atoms with van der Waals surface area (Å²) in [5.41, 5.74) is 9.30. The number of aryl methyl sites for hydroxylation is 1. The first-order chi connectivity index (χ1) is 10.0. The number of nitrogens with zero attached hydrogens (tertiary/aromatic N) is 1. The third kappa shape index (κ3) is 3.58. The summed E-state index contributed by atoms with van der Waals surface area (Å²) in [7, 11) is 1.63. The van der Waals surface area contributed by atoms with Crippen molar-refractivity contribution in [2.45, 2.75) is 19.4 Å². The van der Waals surface area contributed by atoms with Gasteiger partial charge in [0.2, 0.25) is 0 Å². The van der Waals surface area contributed by atoms with E-state index >= 15 is 0 Å². The summed E-state index contributed by atoms with van der Waals surface area (Å²) in [5.74, 6) is 0.812. The Morgan fingerprint density at radius 3 is 2.48 bits per heavy atom. The largest absolute Gasteiger partial charge is 0.496 e. The van der Waals surface area contributed by atoms with E-state index in [2.05, 4.69) is 0 Å². The van der Waals surface area contributed by atoms with Crippen molar-refractivity contribution >= 4 is 5.69 Å². The van der Waals surface area contributed by atoms with Gasteiger partial charge in [-0.15, -0.1) is 0 Å². The third-order valence-corrected chi connectivity index (χ3v) is 3.46. The molecule has 0 saturated carbocycles. The van der Waals surface area contributed by atoms with Gasteiger partial charge in [0.15, 0.2) is 0 Å². The fraction of sp³-hybridized carbons (Fsp3) is 0.250. The van der Waals surface area contributed by atoms with Gasteiger partial charge in [0.05, 0.1) is 12.0 Å². The number of methoxy groups -OCH3 is 1. The normalized spacial score (nSPS) is 12.0. The second-order valence-corrected chi connectivity index (χ2v) is 4.96. The maximum atomic E-state index is 10.6. The summed E-state index contributed by atoms with van der Waals surface area (Å²) in [6, 6.07) is 12.2. The van der Waals surface area contributed by atoms with Crippen molar-refractivity contribution in [3.8, 4) is 5.75 Å². The standard InChI is InChI=1S/C16H18N2O3/c1-11-3-6-13(10-16(11)21-2)15(17)9-12-4-7-14(8-5-12)18(19)20/h3-8,10,15H,9,17H2,1-2H3. The molecule has 0 fully saturated rings. The van der Waals surface area contributed by atoms with Gasteiger partial charge in [-0.2, -0.15) is 0 Å². The summed E-state index contributed by atoms with van der Waals surface area (Å²) < 4.78 is 5.30. The van der Waals surface area contributed by atoms with Crippen molar-refractivity contribution in [1.82, 2.24) is 0 Å². The zero-order valence-electron chi connectivity index (χ0n) is 12.1. The predicted molar refractivity (Wildman–Crippen MR) is 81.5 cm³/mol. The second-order valence-electron chi connectivity index (χ2n) is 4.96. The second kappa shape index (κ2) is 6.37. The number of nitrogens with two attached hydrogens (primary N) is 1. The number of rotatable bonds is 5. The highest BCUT2D eigenvalue weighted by atomic mass is 16.6. The molecule has 0 aliphatic carbocycles. The lowest BCUT2D eigenvalue weighted by atomic mass is 9.98. The Morgan fingerprint density at radius 1 is 1.24 bits per heavy atom. The quantitative estimate of drug-likeness (QED) is 0.676. The average molecular weight is 286 g/mol. The Hall–Kier alpha value is -2.40. The van der Waals surface area contributed by atoms with E-state index in [0.29, 0.717) is 6.42 Å². The summed E-state index contributed by atoms with van der Waals surface area (Å²) in [5, 5.41) is 10.6. The molecule has 2 rings (SSSR count). The highest BCUT2D eigenvalue weighted by molar-refractivity contribution is 5.39. The molecule has 0 bridgehead atoms. The summed E-state index contributed by atoms with van der Waals surface area (Å²) in [4.78, 5) is 10.2. The summed E-state index contributed by atoms with van der Waals surface area (Å²) in [6.45, 7) is 1.98. The molecule has 2 aromatic carbocycles. The highest BCUT2D eigenvalue weighted by Gasteiger charge is 2.11. The first-order valence-corrected chi connectivity index (χ1v) is 6.64. The van der Waals surface area contributed by atoms with Crippen LogP contribution in [0.5, 0.6) is 5.75 Å². The lowest BCUT2D eigenvalue weighted by molar-refractivity contribution is -0.384. The van der Waals surface area contributed by atoms with Gasteiger partial charge in [-0.3, -0.25) is 10.1 Å². The molecule has 0 saturated heterocycles. The Morgan fingerprint density at radius 2 is 1.90 bits per heavy atom. The van der Waals surface area contributed by atoms with Crippen LogP contribution < -0.4 is 10.5 Å². The van der Waals surface area contributed by atoms with Crippen LogP contribution in [0.25, 0.3) is 0 Å². The van der Waals surface area contributed by atoms with Gasteiger partial charge in [0, 0.05) is 18.2 Å². The Kier molecular flexibility index (Phi) is 4.55. The average Bonchev–Trinajstić information content (AvgIpc) is 2.48. The van der Waals surface area contributed by atoms with Crippen LogP contribution in [0.15, 0.2) is 42.5 Å². The molecule has 1 unspecified atom stereocenters. The van der Waals surface area contributed by atoms with Gasteiger partial charge in [-0.05, 0) is 36.1 Å². The van der Waals surface area contributed by atoms with Gasteiger partial charge in [0.1, 0.15) is 5.75 Å². The maximum Gasteiger partial charge on any atom is 0.269 e. The minimum absolute atomic E-state index is 0.0873. The van der Waals surface area contributed by atoms with Crippen LogP contribution in [0.3, 0.4) is 0 Å². The zero-order chi connectivity index (χ0) is 15.4. The van der Waals surface area contributed by atoms with Crippen LogP contribution in [-0.4, -0.2) is 12.0 Å². The van der Waals surface area contributed by atoms with Crippen molar-refractivity contribution < 1.29 is 9.66 Å². The fourth-order valence-corrected chi connectivity index (χ4v) is 2.19. The number of nitro groups is 1. The fourth-order valence-electron chi connectivity index (χ4n) is 2.19. The van der Waals surface area contributed by atoms with Gasteiger partial charge < -0.3 is 10.5 Å². The molecule has 0 radical (unpaired) electrons. The first-order valence-electron chi connectivity index (χ1n) is 6.64. The topological polar surface area (TPSA) is 78.4 Å². The zero-order valence-corrected chi connectivity index (χ0v) is 12.1. The number of hydrogen-bond acceptors (Lipinski definition) is 4. The monoisotopic (exact) mass is 286 g/mol. The minimum atomic E-state index is -0.408. The van der Waals surface area contributed by atoms with Crippen LogP contribution in [0.4, 0.5) is 5.69 Å². The summed E-state index contributed by atoms with van der Waals surface area (Å²) in [6.07, 6.45) is 0.615. The van der Waals surface area contributed by atoms with E-state index in [1.807, 2.05) is 25.1 Å². The summed E-state index contributed by atoms with van der Waals surface area (Å²) >= 11 is 0.